The molecule has 0 saturated heterocycles. The molecule has 0 atom stereocenters. The van der Waals surface area contributed by atoms with Gasteiger partial charge in [-0.15, -0.1) is 0 Å². The Labute approximate surface area is 121 Å². The van der Waals surface area contributed by atoms with Crippen LogP contribution in [0.2, 0.25) is 0 Å². The third-order valence-corrected chi connectivity index (χ3v) is 4.78. The molecule has 1 rings (SSSR count). The number of hydrogen-bond donors (Lipinski definition) is 1. The molecular formula is C13H25N3O3S. The molecule has 1 N–H and O–H groups in total. The lowest BCUT2D eigenvalue weighted by Crippen LogP contribution is -2.43. The predicted octanol–water partition coefficient (Wildman–Crippen LogP) is 1.02. The van der Waals surface area contributed by atoms with E-state index in [1.165, 1.54) is 16.1 Å². The minimum atomic E-state index is -3.14. The largest absolute Gasteiger partial charge is 0.338 e. The molecule has 1 aliphatic heterocycles. The number of carbonyl (C=O) groups is 1. The summed E-state index contributed by atoms with van der Waals surface area (Å²) < 4.78 is 24.2. The average Bonchev–Trinajstić information content (AvgIpc) is 2.37. The Hall–Kier alpha value is -1.08. The molecule has 0 aromatic heterocycles. The molecule has 0 bridgehead atoms. The molecule has 116 valence electrons. The van der Waals surface area contributed by atoms with Crippen LogP contribution in [0.15, 0.2) is 11.6 Å². The van der Waals surface area contributed by atoms with E-state index < -0.39 is 10.0 Å². The van der Waals surface area contributed by atoms with Crippen LogP contribution in [0.25, 0.3) is 0 Å². The van der Waals surface area contributed by atoms with Gasteiger partial charge in [0.15, 0.2) is 0 Å². The van der Waals surface area contributed by atoms with Gasteiger partial charge in [-0.1, -0.05) is 18.6 Å². The first-order valence-electron chi connectivity index (χ1n) is 6.98. The van der Waals surface area contributed by atoms with Gasteiger partial charge < -0.3 is 10.2 Å². The second-order valence-electron chi connectivity index (χ2n) is 5.09. The third kappa shape index (κ3) is 5.50. The second-order valence-corrected chi connectivity index (χ2v) is 7.07. The van der Waals surface area contributed by atoms with Crippen molar-refractivity contribution in [2.24, 2.45) is 0 Å². The Morgan fingerprint density at radius 3 is 2.70 bits per heavy atom. The minimum Gasteiger partial charge on any atom is -0.338 e. The maximum Gasteiger partial charge on any atom is 0.317 e. The van der Waals surface area contributed by atoms with E-state index in [2.05, 4.69) is 18.3 Å². The van der Waals surface area contributed by atoms with Crippen LogP contribution in [0.3, 0.4) is 0 Å². The van der Waals surface area contributed by atoms with E-state index in [1.807, 2.05) is 6.92 Å². The monoisotopic (exact) mass is 303 g/mol. The van der Waals surface area contributed by atoms with E-state index in [0.29, 0.717) is 32.6 Å². The number of carbonyl (C=O) groups excluding carboxylic acids is 1. The Morgan fingerprint density at radius 2 is 2.20 bits per heavy atom. The van der Waals surface area contributed by atoms with E-state index in [9.17, 15) is 13.2 Å². The topological polar surface area (TPSA) is 69.7 Å². The summed E-state index contributed by atoms with van der Waals surface area (Å²) in [6.45, 7) is 6.67. The smallest absolute Gasteiger partial charge is 0.317 e. The number of nitrogens with zero attached hydrogens (tertiary/aromatic N) is 2. The first-order chi connectivity index (χ1) is 9.34. The maximum absolute atomic E-state index is 11.9. The summed E-state index contributed by atoms with van der Waals surface area (Å²) in [5.74, 6) is 0. The molecule has 1 aliphatic rings. The van der Waals surface area contributed by atoms with E-state index in [1.54, 1.807) is 4.90 Å². The van der Waals surface area contributed by atoms with Crippen LogP contribution in [0, 0.1) is 0 Å². The molecule has 0 spiro atoms. The fourth-order valence-electron chi connectivity index (χ4n) is 2.08. The van der Waals surface area contributed by atoms with Gasteiger partial charge in [0.2, 0.25) is 10.0 Å². The Bertz CT molecular complexity index is 459. The van der Waals surface area contributed by atoms with E-state index in [0.717, 1.165) is 13.0 Å². The van der Waals surface area contributed by atoms with Crippen molar-refractivity contribution >= 4 is 16.1 Å². The quantitative estimate of drug-likeness (QED) is 0.588. The highest BCUT2D eigenvalue weighted by atomic mass is 32.2. The lowest BCUT2D eigenvalue weighted by Gasteiger charge is -2.26. The Balaban J connectivity index is 2.26. The molecule has 0 aliphatic carbocycles. The number of hydrogen-bond acceptors (Lipinski definition) is 3. The van der Waals surface area contributed by atoms with Gasteiger partial charge in [-0.25, -0.2) is 17.5 Å². The van der Waals surface area contributed by atoms with Crippen LogP contribution in [0.4, 0.5) is 4.79 Å². The molecule has 7 heteroatoms. The summed E-state index contributed by atoms with van der Waals surface area (Å²) >= 11 is 0. The average molecular weight is 303 g/mol. The van der Waals surface area contributed by atoms with Crippen molar-refractivity contribution in [2.75, 3.05) is 39.0 Å². The van der Waals surface area contributed by atoms with Crippen LogP contribution in [-0.4, -0.2) is 62.6 Å². The first-order valence-corrected chi connectivity index (χ1v) is 8.83. The molecule has 0 unspecified atom stereocenters. The van der Waals surface area contributed by atoms with Gasteiger partial charge in [-0.05, 0) is 19.8 Å². The zero-order valence-electron chi connectivity index (χ0n) is 12.6. The van der Waals surface area contributed by atoms with Crippen molar-refractivity contribution in [1.82, 2.24) is 14.5 Å². The summed E-state index contributed by atoms with van der Waals surface area (Å²) in [5.41, 5.74) is 1.32. The van der Waals surface area contributed by atoms with Gasteiger partial charge >= 0.3 is 6.03 Å². The van der Waals surface area contributed by atoms with Crippen molar-refractivity contribution in [3.8, 4) is 0 Å². The molecule has 0 aromatic rings. The van der Waals surface area contributed by atoms with Gasteiger partial charge in [-0.2, -0.15) is 0 Å². The molecule has 0 radical (unpaired) electrons. The van der Waals surface area contributed by atoms with Crippen molar-refractivity contribution in [2.45, 2.75) is 26.7 Å². The molecule has 2 amide bonds. The summed E-state index contributed by atoms with van der Waals surface area (Å²) in [6, 6.07) is -0.0730. The minimum absolute atomic E-state index is 0.0730. The highest BCUT2D eigenvalue weighted by Crippen LogP contribution is 2.09. The summed E-state index contributed by atoms with van der Waals surface area (Å²) in [7, 11) is -3.14. The summed E-state index contributed by atoms with van der Waals surface area (Å²) in [4.78, 5) is 13.6. The molecule has 0 fully saturated rings. The summed E-state index contributed by atoms with van der Waals surface area (Å²) in [5, 5.41) is 2.83. The normalized spacial score (nSPS) is 16.2. The van der Waals surface area contributed by atoms with Gasteiger partial charge in [0.1, 0.15) is 0 Å². The number of amides is 2. The first kappa shape index (κ1) is 17.0. The number of urea groups is 1. The lowest BCUT2D eigenvalue weighted by atomic mass is 10.1. The van der Waals surface area contributed by atoms with E-state index in [4.69, 9.17) is 0 Å². The van der Waals surface area contributed by atoms with Gasteiger partial charge in [-0.3, -0.25) is 0 Å². The number of rotatable bonds is 6. The number of sulfonamides is 1. The molecule has 1 heterocycles. The molecule has 6 nitrogen and oxygen atoms in total. The molecular weight excluding hydrogens is 278 g/mol. The lowest BCUT2D eigenvalue weighted by molar-refractivity contribution is 0.201. The van der Waals surface area contributed by atoms with Crippen LogP contribution in [-0.2, 0) is 10.0 Å². The van der Waals surface area contributed by atoms with E-state index >= 15 is 0 Å². The van der Waals surface area contributed by atoms with Crippen molar-refractivity contribution < 1.29 is 13.2 Å². The standard InChI is InChI=1S/C13H25N3O3S/c1-4-16(20(3,18)19)9-5-8-14-13(17)15-10-6-12(2)7-11-15/h6H,4-5,7-11H2,1-3H3,(H,14,17). The van der Waals surface area contributed by atoms with Crippen molar-refractivity contribution in [1.29, 1.82) is 0 Å². The molecule has 0 aromatic carbocycles. The van der Waals surface area contributed by atoms with Crippen molar-refractivity contribution in [3.63, 3.8) is 0 Å². The van der Waals surface area contributed by atoms with Crippen LogP contribution < -0.4 is 5.32 Å². The van der Waals surface area contributed by atoms with Crippen molar-refractivity contribution in [3.05, 3.63) is 11.6 Å². The second kappa shape index (κ2) is 7.64. The van der Waals surface area contributed by atoms with Crippen LogP contribution in [0.5, 0.6) is 0 Å². The zero-order chi connectivity index (χ0) is 15.2. The van der Waals surface area contributed by atoms with Gasteiger partial charge in [0, 0.05) is 32.7 Å². The zero-order valence-corrected chi connectivity index (χ0v) is 13.4. The van der Waals surface area contributed by atoms with Crippen LogP contribution >= 0.6 is 0 Å². The molecule has 20 heavy (non-hydrogen) atoms. The third-order valence-electron chi connectivity index (χ3n) is 3.41. The maximum atomic E-state index is 11.9. The highest BCUT2D eigenvalue weighted by Gasteiger charge is 2.16. The SMILES string of the molecule is CCN(CCCNC(=O)N1CC=C(C)CC1)S(C)(=O)=O. The summed E-state index contributed by atoms with van der Waals surface area (Å²) in [6.07, 6.45) is 4.81. The highest BCUT2D eigenvalue weighted by molar-refractivity contribution is 7.88. The fraction of sp³-hybridized carbons (Fsp3) is 0.769. The van der Waals surface area contributed by atoms with Gasteiger partial charge in [0.25, 0.3) is 0 Å². The Kier molecular flexibility index (Phi) is 6.48. The number of nitrogens with one attached hydrogen (secondary N) is 1. The molecule has 0 saturated carbocycles. The Morgan fingerprint density at radius 1 is 1.50 bits per heavy atom. The van der Waals surface area contributed by atoms with Gasteiger partial charge in [0.05, 0.1) is 6.26 Å². The van der Waals surface area contributed by atoms with E-state index in [-0.39, 0.29) is 6.03 Å². The van der Waals surface area contributed by atoms with Crippen LogP contribution in [0.1, 0.15) is 26.7 Å². The predicted molar refractivity (Wildman–Crippen MR) is 80.1 cm³/mol. The fourth-order valence-corrected chi connectivity index (χ4v) is 3.01.